The van der Waals surface area contributed by atoms with E-state index in [-0.39, 0.29) is 18.4 Å². The summed E-state index contributed by atoms with van der Waals surface area (Å²) in [6.07, 6.45) is 0. The van der Waals surface area contributed by atoms with Crippen molar-refractivity contribution in [2.45, 2.75) is 6.04 Å². The van der Waals surface area contributed by atoms with E-state index >= 15 is 0 Å². The molecule has 0 fully saturated rings. The highest BCUT2D eigenvalue weighted by Crippen LogP contribution is 2.27. The summed E-state index contributed by atoms with van der Waals surface area (Å²) in [5.74, 6) is -0.745. The molecule has 0 heterocycles. The van der Waals surface area contributed by atoms with Gasteiger partial charge in [-0.3, -0.25) is 0 Å². The van der Waals surface area contributed by atoms with Gasteiger partial charge in [-0.05, 0) is 35.9 Å². The van der Waals surface area contributed by atoms with Gasteiger partial charge >= 0.3 is 0 Å². The molecule has 2 rings (SSSR count). The average Bonchev–Trinajstić information content (AvgIpc) is 2.39. The first-order chi connectivity index (χ1) is 9.10. The molecule has 2 aromatic carbocycles. The molecule has 0 aliphatic heterocycles. The molecule has 5 heteroatoms. The Morgan fingerprint density at radius 2 is 1.84 bits per heavy atom. The Bertz CT molecular complexity index is 575. The lowest BCUT2D eigenvalue weighted by molar-refractivity contribution is 0.621. The Morgan fingerprint density at radius 3 is 2.53 bits per heavy atom. The smallest absolute Gasteiger partial charge is 0.125 e. The normalized spacial score (nSPS) is 12.2. The summed E-state index contributed by atoms with van der Waals surface area (Å²) in [6.45, 7) is 0.232. The number of nitrogens with one attached hydrogen (secondary N) is 1. The van der Waals surface area contributed by atoms with Crippen LogP contribution in [0.4, 0.5) is 14.5 Å². The summed E-state index contributed by atoms with van der Waals surface area (Å²) in [5, 5.41) is 3.40. The molecule has 1 unspecified atom stereocenters. The van der Waals surface area contributed by atoms with Crippen molar-refractivity contribution in [2.24, 2.45) is 5.73 Å². The van der Waals surface area contributed by atoms with Gasteiger partial charge in [0, 0.05) is 6.54 Å². The van der Waals surface area contributed by atoms with Crippen LogP contribution in [0.15, 0.2) is 42.5 Å². The molecule has 0 radical (unpaired) electrons. The lowest BCUT2D eigenvalue weighted by Crippen LogP contribution is -2.21. The van der Waals surface area contributed by atoms with E-state index in [9.17, 15) is 8.78 Å². The van der Waals surface area contributed by atoms with Gasteiger partial charge in [-0.1, -0.05) is 23.7 Å². The van der Waals surface area contributed by atoms with E-state index < -0.39 is 5.82 Å². The van der Waals surface area contributed by atoms with Crippen LogP contribution in [0.3, 0.4) is 0 Å². The van der Waals surface area contributed by atoms with E-state index in [2.05, 4.69) is 5.32 Å². The zero-order valence-electron chi connectivity index (χ0n) is 10.0. The maximum Gasteiger partial charge on any atom is 0.125 e. The topological polar surface area (TPSA) is 38.0 Å². The van der Waals surface area contributed by atoms with Gasteiger partial charge in [-0.2, -0.15) is 0 Å². The number of hydrogen-bond acceptors (Lipinski definition) is 2. The molecule has 0 amide bonds. The van der Waals surface area contributed by atoms with Crippen LogP contribution >= 0.6 is 11.6 Å². The van der Waals surface area contributed by atoms with Gasteiger partial charge in [0.15, 0.2) is 0 Å². The van der Waals surface area contributed by atoms with Crippen LogP contribution in [0.25, 0.3) is 0 Å². The van der Waals surface area contributed by atoms with Crippen molar-refractivity contribution in [1.29, 1.82) is 0 Å². The first kappa shape index (κ1) is 13.8. The molecule has 3 N–H and O–H groups in total. The Morgan fingerprint density at radius 1 is 1.11 bits per heavy atom. The number of rotatable bonds is 4. The molecular formula is C14H13ClF2N2. The number of nitrogens with two attached hydrogens (primary N) is 1. The van der Waals surface area contributed by atoms with Gasteiger partial charge in [0.25, 0.3) is 0 Å². The number of hydrogen-bond donors (Lipinski definition) is 2. The van der Waals surface area contributed by atoms with Crippen LogP contribution in [0.1, 0.15) is 11.6 Å². The molecule has 1 atom stereocenters. The largest absolute Gasteiger partial charge is 0.376 e. The number of halogens is 3. The predicted octanol–water partition coefficient (Wildman–Crippen LogP) is 3.73. The number of benzene rings is 2. The molecule has 0 saturated heterocycles. The predicted molar refractivity (Wildman–Crippen MR) is 73.2 cm³/mol. The molecule has 0 bridgehead atoms. The summed E-state index contributed by atoms with van der Waals surface area (Å²) >= 11 is 5.97. The van der Waals surface area contributed by atoms with Crippen LogP contribution in [0.2, 0.25) is 5.02 Å². The summed E-state index contributed by atoms with van der Waals surface area (Å²) in [4.78, 5) is 0. The molecular weight excluding hydrogens is 270 g/mol. The molecule has 2 aromatic rings. The van der Waals surface area contributed by atoms with E-state index in [1.165, 1.54) is 30.3 Å². The highest BCUT2D eigenvalue weighted by atomic mass is 35.5. The molecule has 0 saturated carbocycles. The molecule has 100 valence electrons. The minimum absolute atomic E-state index is 0.232. The molecule has 0 aliphatic carbocycles. The quantitative estimate of drug-likeness (QED) is 0.897. The zero-order valence-corrected chi connectivity index (χ0v) is 10.8. The molecule has 0 aromatic heterocycles. The monoisotopic (exact) mass is 282 g/mol. The molecule has 0 aliphatic rings. The van der Waals surface area contributed by atoms with Crippen molar-refractivity contribution in [2.75, 3.05) is 11.9 Å². The fourth-order valence-electron chi connectivity index (χ4n) is 1.80. The first-order valence-corrected chi connectivity index (χ1v) is 6.15. The van der Waals surface area contributed by atoms with Crippen molar-refractivity contribution >= 4 is 17.3 Å². The van der Waals surface area contributed by atoms with E-state index in [1.807, 2.05) is 0 Å². The summed E-state index contributed by atoms with van der Waals surface area (Å²) in [5.41, 5.74) is 6.78. The van der Waals surface area contributed by atoms with E-state index in [1.54, 1.807) is 12.1 Å². The van der Waals surface area contributed by atoms with Crippen LogP contribution < -0.4 is 11.1 Å². The van der Waals surface area contributed by atoms with Crippen molar-refractivity contribution in [3.8, 4) is 0 Å². The third-order valence-corrected chi connectivity index (χ3v) is 3.07. The summed E-state index contributed by atoms with van der Waals surface area (Å²) < 4.78 is 26.4. The second kappa shape index (κ2) is 5.99. The van der Waals surface area contributed by atoms with Crippen LogP contribution in [-0.2, 0) is 0 Å². The fourth-order valence-corrected chi connectivity index (χ4v) is 1.97. The lowest BCUT2D eigenvalue weighted by atomic mass is 10.1. The van der Waals surface area contributed by atoms with Crippen LogP contribution in [0.5, 0.6) is 0 Å². The van der Waals surface area contributed by atoms with Crippen LogP contribution in [0, 0.1) is 11.6 Å². The number of anilines is 1. The third-order valence-electron chi connectivity index (χ3n) is 2.74. The van der Waals surface area contributed by atoms with E-state index in [4.69, 9.17) is 17.3 Å². The van der Waals surface area contributed by atoms with Crippen molar-refractivity contribution in [3.05, 3.63) is 64.7 Å². The fraction of sp³-hybridized carbons (Fsp3) is 0.143. The van der Waals surface area contributed by atoms with Gasteiger partial charge in [-0.15, -0.1) is 0 Å². The minimum atomic E-state index is -0.401. The van der Waals surface area contributed by atoms with Crippen molar-refractivity contribution in [3.63, 3.8) is 0 Å². The van der Waals surface area contributed by atoms with Crippen LogP contribution in [-0.4, -0.2) is 6.54 Å². The van der Waals surface area contributed by atoms with Gasteiger partial charge in [0.2, 0.25) is 0 Å². The maximum absolute atomic E-state index is 13.2. The van der Waals surface area contributed by atoms with Gasteiger partial charge in [0.1, 0.15) is 11.6 Å². The SMILES string of the molecule is NCC(Nc1cc(F)ccc1Cl)c1cccc(F)c1. The Labute approximate surface area is 115 Å². The summed E-state index contributed by atoms with van der Waals surface area (Å²) in [7, 11) is 0. The second-order valence-electron chi connectivity index (χ2n) is 4.11. The maximum atomic E-state index is 13.2. The second-order valence-corrected chi connectivity index (χ2v) is 4.52. The standard InChI is InChI=1S/C14H13ClF2N2/c15-12-5-4-11(17)7-13(12)19-14(8-18)9-2-1-3-10(16)6-9/h1-7,14,19H,8,18H2. The molecule has 19 heavy (non-hydrogen) atoms. The Balaban J connectivity index is 2.26. The minimum Gasteiger partial charge on any atom is -0.376 e. The highest BCUT2D eigenvalue weighted by molar-refractivity contribution is 6.33. The molecule has 0 spiro atoms. The first-order valence-electron chi connectivity index (χ1n) is 5.77. The van der Waals surface area contributed by atoms with E-state index in [0.717, 1.165) is 0 Å². The summed E-state index contributed by atoms with van der Waals surface area (Å²) in [6, 6.07) is 9.76. The van der Waals surface area contributed by atoms with Crippen molar-refractivity contribution < 1.29 is 8.78 Å². The highest BCUT2D eigenvalue weighted by Gasteiger charge is 2.12. The Kier molecular flexibility index (Phi) is 4.35. The average molecular weight is 283 g/mol. The van der Waals surface area contributed by atoms with Gasteiger partial charge in [0.05, 0.1) is 16.8 Å². The zero-order chi connectivity index (χ0) is 13.8. The third kappa shape index (κ3) is 3.43. The molecule has 2 nitrogen and oxygen atoms in total. The van der Waals surface area contributed by atoms with Gasteiger partial charge < -0.3 is 11.1 Å². The van der Waals surface area contributed by atoms with Gasteiger partial charge in [-0.25, -0.2) is 8.78 Å². The van der Waals surface area contributed by atoms with E-state index in [0.29, 0.717) is 16.3 Å². The Hall–Kier alpha value is -1.65. The lowest BCUT2D eigenvalue weighted by Gasteiger charge is -2.19. The van der Waals surface area contributed by atoms with Crippen molar-refractivity contribution in [1.82, 2.24) is 0 Å².